The summed E-state index contributed by atoms with van der Waals surface area (Å²) in [6.07, 6.45) is 0.690. The molecule has 2 unspecified atom stereocenters. The topological polar surface area (TPSA) is 60.2 Å². The summed E-state index contributed by atoms with van der Waals surface area (Å²) in [5.74, 6) is 0.284. The monoisotopic (exact) mass is 362 g/mol. The van der Waals surface area contributed by atoms with Crippen molar-refractivity contribution in [1.29, 1.82) is 0 Å². The number of carbonyl (C=O) groups is 1. The van der Waals surface area contributed by atoms with E-state index in [1.165, 1.54) is 28.6 Å². The van der Waals surface area contributed by atoms with Crippen LogP contribution in [0.1, 0.15) is 29.1 Å². The summed E-state index contributed by atoms with van der Waals surface area (Å²) in [7, 11) is 0. The first-order valence-corrected chi connectivity index (χ1v) is 9.29. The van der Waals surface area contributed by atoms with E-state index in [0.29, 0.717) is 43.7 Å². The molecule has 6 nitrogen and oxygen atoms in total. The molecule has 4 rings (SSSR count). The Labute approximate surface area is 149 Å². The molecule has 0 amide bonds. The molecular weight excluding hydrogens is 343 g/mol. The van der Waals surface area contributed by atoms with Gasteiger partial charge in [0.2, 0.25) is 0 Å². The molecule has 132 valence electrons. The highest BCUT2D eigenvalue weighted by atomic mass is 32.2. The molecule has 0 N–H and O–H groups in total. The maximum atomic E-state index is 13.8. The number of ether oxygens (including phenoxy) is 1. The second-order valence-corrected chi connectivity index (χ2v) is 7.21. The number of hydrogen-bond donors (Lipinski definition) is 0. The molecule has 0 aliphatic carbocycles. The van der Waals surface area contributed by atoms with Crippen LogP contribution in [-0.4, -0.2) is 57.1 Å². The van der Waals surface area contributed by atoms with Gasteiger partial charge in [-0.15, -0.1) is 5.10 Å². The van der Waals surface area contributed by atoms with Gasteiger partial charge in [0.05, 0.1) is 19.3 Å². The summed E-state index contributed by atoms with van der Waals surface area (Å²) < 4.78 is 20.7. The zero-order valence-electron chi connectivity index (χ0n) is 13.9. The number of thioether (sulfide) groups is 1. The standard InChI is InChI=1S/C17H19FN4O2S/c1-2-13-19-17-22(20-13)16(23)15(25-17)14(21-6-8-24-9-7-21)11-4-3-5-12(18)10-11/h3-5,10,14-15H,2,6-9H2,1H3. The Morgan fingerprint density at radius 2 is 2.20 bits per heavy atom. The SMILES string of the molecule is CCc1nc2n(n1)C(=O)C(C(c1cccc(F)c1)N1CCOCC1)S2. The Hall–Kier alpha value is -1.77. The van der Waals surface area contributed by atoms with Crippen molar-refractivity contribution in [3.05, 3.63) is 41.5 Å². The van der Waals surface area contributed by atoms with E-state index in [2.05, 4.69) is 15.0 Å². The lowest BCUT2D eigenvalue weighted by atomic mass is 10.0. The second kappa shape index (κ2) is 6.86. The molecular formula is C17H19FN4O2S. The van der Waals surface area contributed by atoms with Crippen LogP contribution in [0.15, 0.2) is 29.4 Å². The van der Waals surface area contributed by atoms with Gasteiger partial charge in [-0.05, 0) is 17.7 Å². The number of aromatic nitrogens is 3. The van der Waals surface area contributed by atoms with Gasteiger partial charge >= 0.3 is 0 Å². The van der Waals surface area contributed by atoms with Gasteiger partial charge in [0.1, 0.15) is 11.1 Å². The first-order chi connectivity index (χ1) is 12.2. The van der Waals surface area contributed by atoms with E-state index in [1.807, 2.05) is 13.0 Å². The maximum Gasteiger partial charge on any atom is 0.264 e. The fourth-order valence-corrected chi connectivity index (χ4v) is 4.59. The summed E-state index contributed by atoms with van der Waals surface area (Å²) in [6, 6.07) is 6.27. The third-order valence-corrected chi connectivity index (χ3v) is 5.73. The molecule has 1 aromatic carbocycles. The number of carbonyl (C=O) groups excluding carboxylic acids is 1. The normalized spacial score (nSPS) is 22.2. The number of benzene rings is 1. The van der Waals surface area contributed by atoms with Crippen molar-refractivity contribution < 1.29 is 13.9 Å². The fraction of sp³-hybridized carbons (Fsp3) is 0.471. The van der Waals surface area contributed by atoms with Gasteiger partial charge in [-0.3, -0.25) is 9.69 Å². The maximum absolute atomic E-state index is 13.8. The smallest absolute Gasteiger partial charge is 0.264 e. The number of rotatable bonds is 4. The fourth-order valence-electron chi connectivity index (χ4n) is 3.32. The predicted octanol–water partition coefficient (Wildman–Crippen LogP) is 2.17. The Kier molecular flexibility index (Phi) is 4.58. The van der Waals surface area contributed by atoms with E-state index in [9.17, 15) is 9.18 Å². The van der Waals surface area contributed by atoms with Crippen LogP contribution in [0.2, 0.25) is 0 Å². The van der Waals surface area contributed by atoms with E-state index < -0.39 is 0 Å². The molecule has 2 aliphatic rings. The van der Waals surface area contributed by atoms with Crippen LogP contribution in [0, 0.1) is 5.82 Å². The van der Waals surface area contributed by atoms with Crippen molar-refractivity contribution in [2.45, 2.75) is 29.8 Å². The number of hydrogen-bond acceptors (Lipinski definition) is 6. The van der Waals surface area contributed by atoms with E-state index in [0.717, 1.165) is 5.56 Å². The predicted molar refractivity (Wildman–Crippen MR) is 91.2 cm³/mol. The minimum atomic E-state index is -0.388. The Morgan fingerprint density at radius 1 is 1.40 bits per heavy atom. The summed E-state index contributed by atoms with van der Waals surface area (Å²) in [6.45, 7) is 4.60. The van der Waals surface area contributed by atoms with Crippen molar-refractivity contribution >= 4 is 17.7 Å². The van der Waals surface area contributed by atoms with Crippen molar-refractivity contribution in [2.24, 2.45) is 0 Å². The van der Waals surface area contributed by atoms with E-state index >= 15 is 0 Å². The number of halogens is 1. The van der Waals surface area contributed by atoms with E-state index in [1.54, 1.807) is 6.07 Å². The average Bonchev–Trinajstić information content (AvgIpc) is 3.16. The molecule has 2 atom stereocenters. The Morgan fingerprint density at radius 3 is 2.88 bits per heavy atom. The highest BCUT2D eigenvalue weighted by molar-refractivity contribution is 8.00. The van der Waals surface area contributed by atoms with Gasteiger partial charge in [0.25, 0.3) is 5.91 Å². The number of aryl methyl sites for hydroxylation is 1. The molecule has 0 radical (unpaired) electrons. The summed E-state index contributed by atoms with van der Waals surface area (Å²) in [4.78, 5) is 19.6. The van der Waals surface area contributed by atoms with Gasteiger partial charge in [-0.2, -0.15) is 4.68 Å². The first-order valence-electron chi connectivity index (χ1n) is 8.41. The molecule has 1 fully saturated rings. The van der Waals surface area contributed by atoms with Crippen molar-refractivity contribution in [3.63, 3.8) is 0 Å². The zero-order chi connectivity index (χ0) is 17.4. The Balaban J connectivity index is 1.68. The van der Waals surface area contributed by atoms with Crippen LogP contribution < -0.4 is 0 Å². The summed E-state index contributed by atoms with van der Waals surface area (Å²) >= 11 is 1.42. The van der Waals surface area contributed by atoms with Gasteiger partial charge in [-0.25, -0.2) is 9.37 Å². The lowest BCUT2D eigenvalue weighted by Gasteiger charge is -2.36. The minimum absolute atomic E-state index is 0.0899. The molecule has 2 aromatic rings. The van der Waals surface area contributed by atoms with Gasteiger partial charge < -0.3 is 4.74 Å². The quantitative estimate of drug-likeness (QED) is 0.831. The molecule has 25 heavy (non-hydrogen) atoms. The Bertz CT molecular complexity index is 791. The molecule has 1 aromatic heterocycles. The molecule has 0 saturated carbocycles. The number of fused-ring (bicyclic) bond motifs is 1. The summed E-state index contributed by atoms with van der Waals surface area (Å²) in [5.41, 5.74) is 0.800. The summed E-state index contributed by atoms with van der Waals surface area (Å²) in [5, 5.41) is 4.54. The number of nitrogens with zero attached hydrogens (tertiary/aromatic N) is 4. The van der Waals surface area contributed by atoms with Gasteiger partial charge in [-0.1, -0.05) is 30.8 Å². The van der Waals surface area contributed by atoms with Crippen molar-refractivity contribution in [3.8, 4) is 0 Å². The van der Waals surface area contributed by atoms with Crippen molar-refractivity contribution in [2.75, 3.05) is 26.3 Å². The molecule has 0 bridgehead atoms. The van der Waals surface area contributed by atoms with E-state index in [-0.39, 0.29) is 23.0 Å². The average molecular weight is 362 g/mol. The highest BCUT2D eigenvalue weighted by Gasteiger charge is 2.43. The molecule has 2 aliphatic heterocycles. The van der Waals surface area contributed by atoms with Crippen molar-refractivity contribution in [1.82, 2.24) is 19.7 Å². The highest BCUT2D eigenvalue weighted by Crippen LogP contribution is 2.41. The van der Waals surface area contributed by atoms with Crippen LogP contribution in [-0.2, 0) is 11.2 Å². The largest absolute Gasteiger partial charge is 0.379 e. The molecule has 3 heterocycles. The minimum Gasteiger partial charge on any atom is -0.379 e. The van der Waals surface area contributed by atoms with Crippen LogP contribution in [0.3, 0.4) is 0 Å². The second-order valence-electron chi connectivity index (χ2n) is 6.10. The zero-order valence-corrected chi connectivity index (χ0v) is 14.7. The lowest BCUT2D eigenvalue weighted by Crippen LogP contribution is -2.44. The van der Waals surface area contributed by atoms with Crippen LogP contribution >= 0.6 is 11.8 Å². The van der Waals surface area contributed by atoms with E-state index in [4.69, 9.17) is 4.74 Å². The van der Waals surface area contributed by atoms with Gasteiger partial charge in [0.15, 0.2) is 11.0 Å². The molecule has 0 spiro atoms. The first kappa shape index (κ1) is 16.7. The molecule has 1 saturated heterocycles. The van der Waals surface area contributed by atoms with Crippen LogP contribution in [0.4, 0.5) is 4.39 Å². The van der Waals surface area contributed by atoms with Crippen LogP contribution in [0.5, 0.6) is 0 Å². The van der Waals surface area contributed by atoms with Crippen LogP contribution in [0.25, 0.3) is 0 Å². The number of morpholine rings is 1. The third kappa shape index (κ3) is 3.09. The molecule has 8 heteroatoms. The third-order valence-electron chi connectivity index (χ3n) is 4.54. The lowest BCUT2D eigenvalue weighted by molar-refractivity contribution is 0.0151. The van der Waals surface area contributed by atoms with Gasteiger partial charge in [0, 0.05) is 19.5 Å².